The summed E-state index contributed by atoms with van der Waals surface area (Å²) >= 11 is 3.31. The normalized spacial score (nSPS) is 10.7. The molecule has 8 heteroatoms. The van der Waals surface area contributed by atoms with Gasteiger partial charge in [-0.25, -0.2) is 5.43 Å². The molecule has 3 aromatic rings. The van der Waals surface area contributed by atoms with Gasteiger partial charge in [0.1, 0.15) is 11.5 Å². The van der Waals surface area contributed by atoms with E-state index in [1.54, 1.807) is 48.5 Å². The summed E-state index contributed by atoms with van der Waals surface area (Å²) in [5, 5.41) is 25.5. The van der Waals surface area contributed by atoms with E-state index in [-0.39, 0.29) is 23.0 Å². The second kappa shape index (κ2) is 9.03. The highest BCUT2D eigenvalue weighted by molar-refractivity contribution is 9.10. The van der Waals surface area contributed by atoms with Crippen LogP contribution in [-0.4, -0.2) is 28.2 Å². The number of para-hydroxylation sites is 1. The Morgan fingerprint density at radius 1 is 0.931 bits per heavy atom. The predicted molar refractivity (Wildman–Crippen MR) is 113 cm³/mol. The summed E-state index contributed by atoms with van der Waals surface area (Å²) in [4.78, 5) is 24.9. The molecule has 0 saturated carbocycles. The fourth-order valence-corrected chi connectivity index (χ4v) is 2.71. The van der Waals surface area contributed by atoms with Gasteiger partial charge in [-0.15, -0.1) is 0 Å². The molecule has 0 bridgehead atoms. The molecule has 0 heterocycles. The van der Waals surface area contributed by atoms with Crippen LogP contribution in [0.3, 0.4) is 0 Å². The van der Waals surface area contributed by atoms with Crippen molar-refractivity contribution in [3.63, 3.8) is 0 Å². The maximum Gasteiger partial charge on any atom is 0.273 e. The summed E-state index contributed by atoms with van der Waals surface area (Å²) in [6.45, 7) is 0. The Bertz CT molecular complexity index is 1080. The lowest BCUT2D eigenvalue weighted by Crippen LogP contribution is -2.21. The summed E-state index contributed by atoms with van der Waals surface area (Å²) in [5.74, 6) is -1.15. The number of rotatable bonds is 5. The van der Waals surface area contributed by atoms with Gasteiger partial charge in [0.25, 0.3) is 11.8 Å². The molecule has 0 aliphatic heterocycles. The van der Waals surface area contributed by atoms with Gasteiger partial charge in [0.05, 0.1) is 17.5 Å². The quantitative estimate of drug-likeness (QED) is 0.347. The first-order valence-electron chi connectivity index (χ1n) is 8.45. The number of phenols is 2. The van der Waals surface area contributed by atoms with Crippen LogP contribution in [0.2, 0.25) is 0 Å². The molecule has 4 N–H and O–H groups in total. The van der Waals surface area contributed by atoms with E-state index in [0.717, 1.165) is 10.5 Å². The van der Waals surface area contributed by atoms with Crippen molar-refractivity contribution in [2.75, 3.05) is 5.32 Å². The van der Waals surface area contributed by atoms with Gasteiger partial charge in [0, 0.05) is 21.7 Å². The number of anilines is 1. The molecule has 0 spiro atoms. The van der Waals surface area contributed by atoms with Crippen molar-refractivity contribution in [1.82, 2.24) is 5.43 Å². The number of nitrogens with zero attached hydrogens (tertiary/aromatic N) is 1. The predicted octanol–water partition coefficient (Wildman–Crippen LogP) is 3.88. The Kier molecular flexibility index (Phi) is 6.25. The molecular formula is C21H16BrN3O4. The van der Waals surface area contributed by atoms with E-state index in [2.05, 4.69) is 31.8 Å². The Hall–Kier alpha value is -3.65. The van der Waals surface area contributed by atoms with Gasteiger partial charge in [-0.1, -0.05) is 28.1 Å². The minimum Gasteiger partial charge on any atom is -0.508 e. The van der Waals surface area contributed by atoms with E-state index >= 15 is 0 Å². The zero-order chi connectivity index (χ0) is 20.8. The Labute approximate surface area is 174 Å². The van der Waals surface area contributed by atoms with Gasteiger partial charge in [-0.05, 0) is 48.5 Å². The molecule has 146 valence electrons. The van der Waals surface area contributed by atoms with Crippen molar-refractivity contribution in [2.45, 2.75) is 0 Å². The molecule has 7 nitrogen and oxygen atoms in total. The first-order chi connectivity index (χ1) is 13.9. The Morgan fingerprint density at radius 2 is 1.66 bits per heavy atom. The largest absolute Gasteiger partial charge is 0.508 e. The number of carbonyl (C=O) groups is 2. The van der Waals surface area contributed by atoms with E-state index in [0.29, 0.717) is 16.8 Å². The molecule has 0 fully saturated rings. The third-order valence-electron chi connectivity index (χ3n) is 3.91. The van der Waals surface area contributed by atoms with Gasteiger partial charge in [0.15, 0.2) is 0 Å². The van der Waals surface area contributed by atoms with E-state index < -0.39 is 5.91 Å². The van der Waals surface area contributed by atoms with Crippen molar-refractivity contribution < 1.29 is 19.8 Å². The first-order valence-corrected chi connectivity index (χ1v) is 9.24. The van der Waals surface area contributed by atoms with Gasteiger partial charge in [0.2, 0.25) is 0 Å². The van der Waals surface area contributed by atoms with Crippen molar-refractivity contribution in [3.05, 3.63) is 87.9 Å². The lowest BCUT2D eigenvalue weighted by atomic mass is 10.1. The number of hydrogen-bond acceptors (Lipinski definition) is 5. The third kappa shape index (κ3) is 5.20. The molecule has 0 unspecified atom stereocenters. The van der Waals surface area contributed by atoms with E-state index in [1.807, 2.05) is 0 Å². The molecule has 0 aliphatic carbocycles. The minimum atomic E-state index is -0.536. The van der Waals surface area contributed by atoms with E-state index in [1.165, 1.54) is 18.3 Å². The molecule has 0 aliphatic rings. The number of aromatic hydroxyl groups is 2. The van der Waals surface area contributed by atoms with Crippen molar-refractivity contribution in [1.29, 1.82) is 0 Å². The van der Waals surface area contributed by atoms with Crippen LogP contribution in [0.1, 0.15) is 26.3 Å². The number of hydrogen-bond donors (Lipinski definition) is 4. The van der Waals surface area contributed by atoms with Crippen molar-refractivity contribution in [2.24, 2.45) is 5.10 Å². The van der Waals surface area contributed by atoms with Crippen LogP contribution in [0.15, 0.2) is 76.3 Å². The molecule has 3 aromatic carbocycles. The maximum absolute atomic E-state index is 12.5. The summed E-state index contributed by atoms with van der Waals surface area (Å²) in [6, 6.07) is 17.4. The molecule has 0 atom stereocenters. The fraction of sp³-hybridized carbons (Fsp3) is 0. The number of carbonyl (C=O) groups excluding carboxylic acids is 2. The van der Waals surface area contributed by atoms with Crippen molar-refractivity contribution >= 4 is 39.6 Å². The molecule has 0 aromatic heterocycles. The van der Waals surface area contributed by atoms with E-state index in [9.17, 15) is 19.8 Å². The highest BCUT2D eigenvalue weighted by Crippen LogP contribution is 2.21. The smallest absolute Gasteiger partial charge is 0.273 e. The van der Waals surface area contributed by atoms with Gasteiger partial charge >= 0.3 is 0 Å². The average Bonchev–Trinajstić information content (AvgIpc) is 2.70. The number of phenolic OH excluding ortho intramolecular Hbond substituents is 2. The average molecular weight is 454 g/mol. The van der Waals surface area contributed by atoms with Crippen LogP contribution in [0, 0.1) is 0 Å². The topological polar surface area (TPSA) is 111 Å². The van der Waals surface area contributed by atoms with Crippen molar-refractivity contribution in [3.8, 4) is 11.5 Å². The van der Waals surface area contributed by atoms with Crippen LogP contribution in [0.4, 0.5) is 5.69 Å². The second-order valence-electron chi connectivity index (χ2n) is 5.95. The molecule has 0 radical (unpaired) electrons. The van der Waals surface area contributed by atoms with Crippen LogP contribution in [-0.2, 0) is 0 Å². The number of hydrazone groups is 1. The SMILES string of the molecule is O=C(Nc1ccccc1C(=O)N/N=C/c1ccc(O)cc1O)c1ccc(Br)cc1. The van der Waals surface area contributed by atoms with E-state index in [4.69, 9.17) is 0 Å². The summed E-state index contributed by atoms with van der Waals surface area (Å²) in [7, 11) is 0. The molecule has 3 rings (SSSR count). The molecule has 2 amide bonds. The number of halogens is 1. The lowest BCUT2D eigenvalue weighted by Gasteiger charge is -2.10. The summed E-state index contributed by atoms with van der Waals surface area (Å²) in [5.41, 5.74) is 3.68. The number of nitrogens with one attached hydrogen (secondary N) is 2. The van der Waals surface area contributed by atoms with Gasteiger partial charge in [-0.3, -0.25) is 9.59 Å². The molecular weight excluding hydrogens is 438 g/mol. The number of benzene rings is 3. The monoisotopic (exact) mass is 453 g/mol. The summed E-state index contributed by atoms with van der Waals surface area (Å²) < 4.78 is 0.853. The third-order valence-corrected chi connectivity index (χ3v) is 4.44. The Morgan fingerprint density at radius 3 is 2.38 bits per heavy atom. The number of amides is 2. The Balaban J connectivity index is 1.72. The zero-order valence-corrected chi connectivity index (χ0v) is 16.6. The highest BCUT2D eigenvalue weighted by Gasteiger charge is 2.13. The second-order valence-corrected chi connectivity index (χ2v) is 6.86. The van der Waals surface area contributed by atoms with Crippen LogP contribution >= 0.6 is 15.9 Å². The standard InChI is InChI=1S/C21H16BrN3O4/c22-15-8-5-13(6-9-15)20(28)24-18-4-2-1-3-17(18)21(29)25-23-12-14-7-10-16(26)11-19(14)27/h1-12,26-27H,(H,24,28)(H,25,29)/b23-12+. The van der Waals surface area contributed by atoms with Gasteiger partial charge in [-0.2, -0.15) is 5.10 Å². The van der Waals surface area contributed by atoms with Crippen LogP contribution in [0.5, 0.6) is 11.5 Å². The summed E-state index contributed by atoms with van der Waals surface area (Å²) in [6.07, 6.45) is 1.25. The molecule has 29 heavy (non-hydrogen) atoms. The fourth-order valence-electron chi connectivity index (χ4n) is 2.45. The van der Waals surface area contributed by atoms with Crippen LogP contribution in [0.25, 0.3) is 0 Å². The van der Waals surface area contributed by atoms with Gasteiger partial charge < -0.3 is 15.5 Å². The zero-order valence-electron chi connectivity index (χ0n) is 15.0. The molecule has 0 saturated heterocycles. The highest BCUT2D eigenvalue weighted by atomic mass is 79.9. The van der Waals surface area contributed by atoms with Crippen LogP contribution < -0.4 is 10.7 Å². The maximum atomic E-state index is 12.5. The first kappa shape index (κ1) is 20.1. The minimum absolute atomic E-state index is 0.0841. The lowest BCUT2D eigenvalue weighted by molar-refractivity contribution is 0.0956.